The number of hydrogen-bond donors (Lipinski definition) is 1. The second-order valence-corrected chi connectivity index (χ2v) is 6.93. The minimum absolute atomic E-state index is 0.922. The zero-order chi connectivity index (χ0) is 13.1. The van der Waals surface area contributed by atoms with Gasteiger partial charge in [-0.1, -0.05) is 6.92 Å². The van der Waals surface area contributed by atoms with Crippen molar-refractivity contribution in [1.29, 1.82) is 0 Å². The molecule has 2 aliphatic carbocycles. The molecule has 0 aromatic carbocycles. The van der Waals surface area contributed by atoms with Gasteiger partial charge in [0, 0.05) is 25.0 Å². The molecule has 2 aliphatic rings. The van der Waals surface area contributed by atoms with E-state index in [1.165, 1.54) is 56.0 Å². The van der Waals surface area contributed by atoms with E-state index in [2.05, 4.69) is 22.5 Å². The average molecular weight is 279 g/mol. The smallest absolute Gasteiger partial charge is 0.185 e. The van der Waals surface area contributed by atoms with Gasteiger partial charge in [-0.25, -0.2) is 4.98 Å². The third-order valence-electron chi connectivity index (χ3n) is 3.89. The standard InChI is InChI=1S/C15H25N3S/c1-2-7-16-8-14-11-19-15(17-14)18(9-12-3-4-12)10-13-5-6-13/h11-13,16H,2-10H2,1H3. The number of thiazole rings is 1. The minimum Gasteiger partial charge on any atom is -0.348 e. The fourth-order valence-electron chi connectivity index (χ4n) is 2.37. The Bertz CT molecular complexity index is 382. The highest BCUT2D eigenvalue weighted by Gasteiger charge is 2.30. The Kier molecular flexibility index (Phi) is 4.38. The van der Waals surface area contributed by atoms with Crippen molar-refractivity contribution >= 4 is 16.5 Å². The topological polar surface area (TPSA) is 28.2 Å². The first-order chi connectivity index (χ1) is 9.35. The lowest BCUT2D eigenvalue weighted by molar-refractivity contribution is 0.657. The van der Waals surface area contributed by atoms with Crippen molar-refractivity contribution in [3.05, 3.63) is 11.1 Å². The number of hydrogen-bond acceptors (Lipinski definition) is 4. The van der Waals surface area contributed by atoms with Crippen LogP contribution in [0.25, 0.3) is 0 Å². The number of nitrogens with one attached hydrogen (secondary N) is 1. The molecule has 3 nitrogen and oxygen atoms in total. The highest BCUT2D eigenvalue weighted by Crippen LogP contribution is 2.36. The molecule has 1 heterocycles. The Labute approximate surface area is 120 Å². The fraction of sp³-hybridized carbons (Fsp3) is 0.800. The van der Waals surface area contributed by atoms with E-state index in [1.807, 2.05) is 11.3 Å². The van der Waals surface area contributed by atoms with Gasteiger partial charge in [0.1, 0.15) is 0 Å². The molecule has 3 rings (SSSR count). The Morgan fingerprint density at radius 3 is 2.53 bits per heavy atom. The summed E-state index contributed by atoms with van der Waals surface area (Å²) in [6.07, 6.45) is 6.90. The summed E-state index contributed by atoms with van der Waals surface area (Å²) in [6.45, 7) is 6.69. The third-order valence-corrected chi connectivity index (χ3v) is 4.84. The van der Waals surface area contributed by atoms with Crippen LogP contribution in [-0.4, -0.2) is 24.6 Å². The van der Waals surface area contributed by atoms with Crippen molar-refractivity contribution in [2.45, 2.75) is 45.6 Å². The molecular weight excluding hydrogens is 254 g/mol. The highest BCUT2D eigenvalue weighted by molar-refractivity contribution is 7.13. The van der Waals surface area contributed by atoms with E-state index in [0.717, 1.165) is 24.9 Å². The zero-order valence-electron chi connectivity index (χ0n) is 11.9. The molecule has 4 heteroatoms. The van der Waals surface area contributed by atoms with Crippen LogP contribution in [0, 0.1) is 11.8 Å². The van der Waals surface area contributed by atoms with E-state index in [-0.39, 0.29) is 0 Å². The average Bonchev–Trinajstić information content (AvgIpc) is 3.33. The Morgan fingerprint density at radius 2 is 1.95 bits per heavy atom. The summed E-state index contributed by atoms with van der Waals surface area (Å²) in [5, 5.41) is 6.92. The number of aromatic nitrogens is 1. The van der Waals surface area contributed by atoms with E-state index in [1.54, 1.807) is 0 Å². The van der Waals surface area contributed by atoms with Crippen LogP contribution in [0.4, 0.5) is 5.13 Å². The number of rotatable bonds is 9. The van der Waals surface area contributed by atoms with Gasteiger partial charge in [0.05, 0.1) is 5.69 Å². The monoisotopic (exact) mass is 279 g/mol. The molecule has 0 spiro atoms. The van der Waals surface area contributed by atoms with Gasteiger partial charge in [-0.05, 0) is 50.5 Å². The number of anilines is 1. The van der Waals surface area contributed by atoms with E-state index in [0.29, 0.717) is 0 Å². The lowest BCUT2D eigenvalue weighted by Crippen LogP contribution is -2.28. The molecule has 0 aliphatic heterocycles. The fourth-order valence-corrected chi connectivity index (χ4v) is 3.22. The third kappa shape index (κ3) is 4.18. The quantitative estimate of drug-likeness (QED) is 0.703. The van der Waals surface area contributed by atoms with E-state index < -0.39 is 0 Å². The highest BCUT2D eigenvalue weighted by atomic mass is 32.1. The molecule has 1 aromatic heterocycles. The molecule has 1 N–H and O–H groups in total. The summed E-state index contributed by atoms with van der Waals surface area (Å²) in [4.78, 5) is 7.38. The SMILES string of the molecule is CCCNCc1csc(N(CC2CC2)CC2CC2)n1. The molecule has 2 fully saturated rings. The predicted molar refractivity (Wildman–Crippen MR) is 81.8 cm³/mol. The molecule has 19 heavy (non-hydrogen) atoms. The molecule has 0 unspecified atom stereocenters. The minimum atomic E-state index is 0.922. The summed E-state index contributed by atoms with van der Waals surface area (Å²) in [5.74, 6) is 1.90. The van der Waals surface area contributed by atoms with Gasteiger partial charge < -0.3 is 10.2 Å². The lowest BCUT2D eigenvalue weighted by Gasteiger charge is -2.21. The predicted octanol–water partition coefficient (Wildman–Crippen LogP) is 3.27. The maximum atomic E-state index is 4.83. The van der Waals surface area contributed by atoms with Gasteiger partial charge >= 0.3 is 0 Å². The first-order valence-corrected chi connectivity index (χ1v) is 8.63. The zero-order valence-corrected chi connectivity index (χ0v) is 12.7. The Balaban J connectivity index is 1.56. The van der Waals surface area contributed by atoms with Crippen molar-refractivity contribution in [1.82, 2.24) is 10.3 Å². The first-order valence-electron chi connectivity index (χ1n) is 7.75. The molecule has 0 amide bonds. The summed E-state index contributed by atoms with van der Waals surface area (Å²) in [5.41, 5.74) is 1.21. The maximum absolute atomic E-state index is 4.83. The van der Waals surface area contributed by atoms with Crippen molar-refractivity contribution in [2.24, 2.45) is 11.8 Å². The van der Waals surface area contributed by atoms with Crippen LogP contribution < -0.4 is 10.2 Å². The van der Waals surface area contributed by atoms with Gasteiger partial charge in [0.25, 0.3) is 0 Å². The molecule has 106 valence electrons. The second-order valence-electron chi connectivity index (χ2n) is 6.09. The van der Waals surface area contributed by atoms with Gasteiger partial charge in [-0.3, -0.25) is 0 Å². The second kappa shape index (κ2) is 6.23. The largest absolute Gasteiger partial charge is 0.348 e. The molecule has 1 aromatic rings. The lowest BCUT2D eigenvalue weighted by atomic mass is 10.3. The van der Waals surface area contributed by atoms with Gasteiger partial charge in [-0.2, -0.15) is 0 Å². The van der Waals surface area contributed by atoms with E-state index >= 15 is 0 Å². The van der Waals surface area contributed by atoms with Crippen LogP contribution in [0.3, 0.4) is 0 Å². The Hall–Kier alpha value is -0.610. The summed E-state index contributed by atoms with van der Waals surface area (Å²) >= 11 is 1.83. The van der Waals surface area contributed by atoms with Crippen LogP contribution >= 0.6 is 11.3 Å². The van der Waals surface area contributed by atoms with Crippen LogP contribution in [-0.2, 0) is 6.54 Å². The van der Waals surface area contributed by atoms with Gasteiger partial charge in [-0.15, -0.1) is 11.3 Å². The number of nitrogens with zero attached hydrogens (tertiary/aromatic N) is 2. The van der Waals surface area contributed by atoms with E-state index in [9.17, 15) is 0 Å². The normalized spacial score (nSPS) is 18.8. The van der Waals surface area contributed by atoms with E-state index in [4.69, 9.17) is 4.98 Å². The summed E-state index contributed by atoms with van der Waals surface area (Å²) in [6, 6.07) is 0. The summed E-state index contributed by atoms with van der Waals surface area (Å²) < 4.78 is 0. The molecule has 0 bridgehead atoms. The van der Waals surface area contributed by atoms with Crippen molar-refractivity contribution in [3.8, 4) is 0 Å². The molecular formula is C15H25N3S. The van der Waals surface area contributed by atoms with Crippen molar-refractivity contribution in [3.63, 3.8) is 0 Å². The molecule has 0 saturated heterocycles. The van der Waals surface area contributed by atoms with Crippen LogP contribution in [0.2, 0.25) is 0 Å². The molecule has 2 saturated carbocycles. The maximum Gasteiger partial charge on any atom is 0.185 e. The van der Waals surface area contributed by atoms with Gasteiger partial charge in [0.15, 0.2) is 5.13 Å². The molecule has 0 radical (unpaired) electrons. The first kappa shape index (κ1) is 13.4. The van der Waals surface area contributed by atoms with Crippen LogP contribution in [0.5, 0.6) is 0 Å². The molecule has 0 atom stereocenters. The van der Waals surface area contributed by atoms with Crippen LogP contribution in [0.1, 0.15) is 44.7 Å². The summed E-state index contributed by atoms with van der Waals surface area (Å²) in [7, 11) is 0. The van der Waals surface area contributed by atoms with Crippen LogP contribution in [0.15, 0.2) is 5.38 Å². The van der Waals surface area contributed by atoms with Crippen molar-refractivity contribution < 1.29 is 0 Å². The Morgan fingerprint density at radius 1 is 1.26 bits per heavy atom. The van der Waals surface area contributed by atoms with Crippen molar-refractivity contribution in [2.75, 3.05) is 24.5 Å². The van der Waals surface area contributed by atoms with Gasteiger partial charge in [0.2, 0.25) is 0 Å².